The standard InChI is InChI=1S/C30H30O3S/c1-4-6-25-20-24(23-8-7-21(3)22(5-2)19-23)9-18-30(25)33-27-12-16-29(17-13-27)34(32)28-14-10-26(31)11-15-28/h7-20,31H,4-6H2,1-3H3. The number of benzene rings is 4. The summed E-state index contributed by atoms with van der Waals surface area (Å²) in [6.07, 6.45) is 2.98. The fourth-order valence-corrected chi connectivity index (χ4v) is 5.06. The Kier molecular flexibility index (Phi) is 7.49. The molecule has 34 heavy (non-hydrogen) atoms. The second-order valence-corrected chi connectivity index (χ2v) is 9.88. The van der Waals surface area contributed by atoms with Crippen molar-refractivity contribution >= 4 is 10.8 Å². The van der Waals surface area contributed by atoms with E-state index < -0.39 is 10.8 Å². The largest absolute Gasteiger partial charge is 0.508 e. The van der Waals surface area contributed by atoms with Gasteiger partial charge in [-0.25, -0.2) is 4.21 Å². The molecule has 0 saturated heterocycles. The summed E-state index contributed by atoms with van der Waals surface area (Å²) < 4.78 is 19.0. The zero-order chi connectivity index (χ0) is 24.1. The van der Waals surface area contributed by atoms with Gasteiger partial charge in [-0.3, -0.25) is 0 Å². The number of ether oxygens (including phenoxy) is 1. The van der Waals surface area contributed by atoms with Crippen LogP contribution in [-0.2, 0) is 23.6 Å². The predicted molar refractivity (Wildman–Crippen MR) is 139 cm³/mol. The molecule has 4 rings (SSSR count). The van der Waals surface area contributed by atoms with Crippen molar-refractivity contribution in [2.24, 2.45) is 0 Å². The number of rotatable bonds is 8. The molecular formula is C30H30O3S. The van der Waals surface area contributed by atoms with Gasteiger partial charge in [-0.15, -0.1) is 0 Å². The van der Waals surface area contributed by atoms with Crippen LogP contribution in [0.2, 0.25) is 0 Å². The van der Waals surface area contributed by atoms with E-state index in [4.69, 9.17) is 4.74 Å². The molecule has 0 aliphatic carbocycles. The van der Waals surface area contributed by atoms with Crippen molar-refractivity contribution < 1.29 is 14.1 Å². The average molecular weight is 471 g/mol. The molecule has 0 aromatic heterocycles. The molecule has 0 saturated carbocycles. The Balaban J connectivity index is 1.56. The zero-order valence-corrected chi connectivity index (χ0v) is 20.7. The topological polar surface area (TPSA) is 46.5 Å². The van der Waals surface area contributed by atoms with Gasteiger partial charge in [0.15, 0.2) is 0 Å². The van der Waals surface area contributed by atoms with Crippen molar-refractivity contribution in [2.75, 3.05) is 0 Å². The second kappa shape index (κ2) is 10.7. The maximum atomic E-state index is 12.8. The first-order valence-corrected chi connectivity index (χ1v) is 12.8. The summed E-state index contributed by atoms with van der Waals surface area (Å²) in [5, 5.41) is 9.45. The van der Waals surface area contributed by atoms with Crippen LogP contribution < -0.4 is 4.74 Å². The van der Waals surface area contributed by atoms with Crippen molar-refractivity contribution in [3.05, 3.63) is 102 Å². The second-order valence-electron chi connectivity index (χ2n) is 8.40. The lowest BCUT2D eigenvalue weighted by Crippen LogP contribution is -1.95. The third-order valence-corrected chi connectivity index (χ3v) is 7.36. The van der Waals surface area contributed by atoms with Gasteiger partial charge in [-0.05, 0) is 108 Å². The summed E-state index contributed by atoms with van der Waals surface area (Å²) >= 11 is 0. The first-order valence-electron chi connectivity index (χ1n) is 11.7. The van der Waals surface area contributed by atoms with Gasteiger partial charge in [-0.2, -0.15) is 0 Å². The lowest BCUT2D eigenvalue weighted by Gasteiger charge is -2.14. The molecule has 0 fully saturated rings. The third kappa shape index (κ3) is 5.40. The van der Waals surface area contributed by atoms with E-state index in [-0.39, 0.29) is 5.75 Å². The Morgan fingerprint density at radius 2 is 1.35 bits per heavy atom. The van der Waals surface area contributed by atoms with E-state index in [2.05, 4.69) is 51.1 Å². The van der Waals surface area contributed by atoms with Gasteiger partial charge in [-0.1, -0.05) is 44.5 Å². The zero-order valence-electron chi connectivity index (χ0n) is 19.9. The Bertz CT molecular complexity index is 1290. The molecule has 4 heteroatoms. The van der Waals surface area contributed by atoms with Crippen LogP contribution in [-0.4, -0.2) is 9.32 Å². The molecular weight excluding hydrogens is 440 g/mol. The van der Waals surface area contributed by atoms with E-state index in [1.54, 1.807) is 24.3 Å². The highest BCUT2D eigenvalue weighted by Crippen LogP contribution is 2.32. The minimum Gasteiger partial charge on any atom is -0.508 e. The number of hydrogen-bond acceptors (Lipinski definition) is 3. The van der Waals surface area contributed by atoms with Gasteiger partial charge in [0, 0.05) is 9.79 Å². The number of aromatic hydroxyl groups is 1. The molecule has 0 aliphatic heterocycles. The fraction of sp³-hybridized carbons (Fsp3) is 0.200. The van der Waals surface area contributed by atoms with Crippen LogP contribution in [0.25, 0.3) is 11.1 Å². The molecule has 0 heterocycles. The molecule has 0 amide bonds. The maximum Gasteiger partial charge on any atom is 0.130 e. The Hall–Kier alpha value is -3.37. The number of hydrogen-bond donors (Lipinski definition) is 1. The van der Waals surface area contributed by atoms with E-state index in [1.807, 2.05) is 30.3 Å². The molecule has 4 aromatic carbocycles. The van der Waals surface area contributed by atoms with Gasteiger partial charge in [0.25, 0.3) is 0 Å². The normalized spacial score (nSPS) is 11.9. The first-order chi connectivity index (χ1) is 16.5. The molecule has 1 N–H and O–H groups in total. The molecule has 174 valence electrons. The van der Waals surface area contributed by atoms with E-state index in [0.29, 0.717) is 15.5 Å². The van der Waals surface area contributed by atoms with Crippen LogP contribution >= 0.6 is 0 Å². The Morgan fingerprint density at radius 3 is 1.97 bits per heavy atom. The highest BCUT2D eigenvalue weighted by atomic mass is 32.2. The molecule has 0 radical (unpaired) electrons. The van der Waals surface area contributed by atoms with Gasteiger partial charge >= 0.3 is 0 Å². The van der Waals surface area contributed by atoms with E-state index in [1.165, 1.54) is 27.8 Å². The first kappa shape index (κ1) is 23.8. The summed E-state index contributed by atoms with van der Waals surface area (Å²) in [6, 6.07) is 26.9. The van der Waals surface area contributed by atoms with E-state index in [0.717, 1.165) is 25.0 Å². The molecule has 1 atom stereocenters. The quantitative estimate of drug-likeness (QED) is 0.285. The molecule has 0 spiro atoms. The average Bonchev–Trinajstić information content (AvgIpc) is 2.86. The number of phenols is 1. The predicted octanol–water partition coefficient (Wildman–Crippen LogP) is 7.84. The highest BCUT2D eigenvalue weighted by molar-refractivity contribution is 7.85. The summed E-state index contributed by atoms with van der Waals surface area (Å²) in [5.41, 5.74) is 6.31. The number of phenolic OH excluding ortho intramolecular Hbond substituents is 1. The van der Waals surface area contributed by atoms with Gasteiger partial charge < -0.3 is 9.84 Å². The van der Waals surface area contributed by atoms with Crippen LogP contribution in [0.5, 0.6) is 17.2 Å². The van der Waals surface area contributed by atoms with Crippen LogP contribution in [0.15, 0.2) is 94.7 Å². The van der Waals surface area contributed by atoms with Crippen molar-refractivity contribution in [2.45, 2.75) is 49.8 Å². The minimum atomic E-state index is -1.31. The van der Waals surface area contributed by atoms with E-state index in [9.17, 15) is 9.32 Å². The highest BCUT2D eigenvalue weighted by Gasteiger charge is 2.11. The molecule has 3 nitrogen and oxygen atoms in total. The van der Waals surface area contributed by atoms with Crippen molar-refractivity contribution in [3.63, 3.8) is 0 Å². The fourth-order valence-electron chi connectivity index (χ4n) is 4.02. The van der Waals surface area contributed by atoms with Crippen LogP contribution in [0, 0.1) is 6.92 Å². The van der Waals surface area contributed by atoms with E-state index >= 15 is 0 Å². The maximum absolute atomic E-state index is 12.8. The van der Waals surface area contributed by atoms with Crippen molar-refractivity contribution in [3.8, 4) is 28.4 Å². The summed E-state index contributed by atoms with van der Waals surface area (Å²) in [6.45, 7) is 6.52. The van der Waals surface area contributed by atoms with Crippen LogP contribution in [0.4, 0.5) is 0 Å². The smallest absolute Gasteiger partial charge is 0.130 e. The van der Waals surface area contributed by atoms with Gasteiger partial charge in [0.1, 0.15) is 17.2 Å². The molecule has 0 bridgehead atoms. The minimum absolute atomic E-state index is 0.159. The lowest BCUT2D eigenvalue weighted by atomic mass is 9.96. The Morgan fingerprint density at radius 1 is 0.765 bits per heavy atom. The molecule has 4 aromatic rings. The SMILES string of the molecule is CCCc1cc(-c2ccc(C)c(CC)c2)ccc1Oc1ccc(S(=O)c2ccc(O)cc2)cc1. The van der Waals surface area contributed by atoms with Gasteiger partial charge in [0.2, 0.25) is 0 Å². The summed E-state index contributed by atoms with van der Waals surface area (Å²) in [5.74, 6) is 1.72. The lowest BCUT2D eigenvalue weighted by molar-refractivity contribution is 0.475. The Labute approximate surface area is 204 Å². The van der Waals surface area contributed by atoms with Crippen LogP contribution in [0.3, 0.4) is 0 Å². The van der Waals surface area contributed by atoms with Gasteiger partial charge in [0.05, 0.1) is 10.8 Å². The summed E-state index contributed by atoms with van der Waals surface area (Å²) in [7, 11) is -1.31. The molecule has 1 unspecified atom stereocenters. The monoisotopic (exact) mass is 470 g/mol. The van der Waals surface area contributed by atoms with Crippen molar-refractivity contribution in [1.82, 2.24) is 0 Å². The molecule has 0 aliphatic rings. The van der Waals surface area contributed by atoms with Crippen LogP contribution in [0.1, 0.15) is 37.0 Å². The summed E-state index contributed by atoms with van der Waals surface area (Å²) in [4.78, 5) is 1.34. The van der Waals surface area contributed by atoms with Crippen molar-refractivity contribution in [1.29, 1.82) is 0 Å². The number of aryl methyl sites for hydroxylation is 3. The third-order valence-electron chi connectivity index (χ3n) is 5.96.